The van der Waals surface area contributed by atoms with E-state index < -0.39 is 23.3 Å². The number of hydrogen-bond acceptors (Lipinski definition) is 11. The van der Waals surface area contributed by atoms with E-state index in [1.807, 2.05) is 81.1 Å². The normalized spacial score (nSPS) is 24.8. The zero-order chi connectivity index (χ0) is 46.3. The number of ether oxygens (including phenoxy) is 5. The zero-order valence-electron chi connectivity index (χ0n) is 39.6. The molecular weight excluding hydrogens is 835 g/mol. The van der Waals surface area contributed by atoms with Crippen LogP contribution in [-0.4, -0.2) is 75.8 Å². The van der Waals surface area contributed by atoms with Gasteiger partial charge in [-0.15, -0.1) is 6.58 Å². The van der Waals surface area contributed by atoms with Crippen LogP contribution in [0.15, 0.2) is 84.1 Å². The second-order valence-electron chi connectivity index (χ2n) is 19.9. The molecule has 2 aromatic carbocycles. The molecule has 356 valence electrons. The molecule has 0 bridgehead atoms. The summed E-state index contributed by atoms with van der Waals surface area (Å²) in [6, 6.07) is 17.3. The molecule has 2 fully saturated rings. The minimum absolute atomic E-state index is 0.0336. The maximum absolute atomic E-state index is 15.3. The number of amides is 1. The van der Waals surface area contributed by atoms with Crippen LogP contribution in [0.3, 0.4) is 0 Å². The number of benzene rings is 2. The fourth-order valence-corrected chi connectivity index (χ4v) is 11.1. The molecule has 2 saturated carbocycles. The number of nitrogens with zero attached hydrogens (tertiary/aromatic N) is 3. The Balaban J connectivity index is 1.31. The molecular formula is C54H71N3O9. The number of aliphatic hydroxyl groups is 2. The molecule has 12 nitrogen and oxygen atoms in total. The summed E-state index contributed by atoms with van der Waals surface area (Å²) in [5.74, 6) is 1.46. The Morgan fingerprint density at radius 1 is 0.970 bits per heavy atom. The lowest BCUT2D eigenvalue weighted by molar-refractivity contribution is -0.258. The number of unbranched alkanes of at least 4 members (excludes halogenated alkanes) is 2. The second-order valence-corrected chi connectivity index (χ2v) is 19.9. The van der Waals surface area contributed by atoms with Crippen molar-refractivity contribution in [1.82, 2.24) is 9.88 Å². The van der Waals surface area contributed by atoms with Crippen molar-refractivity contribution < 1.29 is 43.5 Å². The maximum atomic E-state index is 15.3. The Hall–Kier alpha value is -4.91. The summed E-state index contributed by atoms with van der Waals surface area (Å²) in [6.45, 7) is 13.2. The van der Waals surface area contributed by atoms with Crippen molar-refractivity contribution in [2.24, 2.45) is 28.8 Å². The molecule has 3 aliphatic carbocycles. The van der Waals surface area contributed by atoms with Gasteiger partial charge in [0.2, 0.25) is 18.5 Å². The highest BCUT2D eigenvalue weighted by Gasteiger charge is 2.65. The quantitative estimate of drug-likeness (QED) is 0.0603. The van der Waals surface area contributed by atoms with Gasteiger partial charge in [-0.05, 0) is 131 Å². The molecule has 5 aliphatic rings. The van der Waals surface area contributed by atoms with Gasteiger partial charge in [-0.3, -0.25) is 9.78 Å². The summed E-state index contributed by atoms with van der Waals surface area (Å²) in [5, 5.41) is 25.1. The third-order valence-corrected chi connectivity index (χ3v) is 14.1. The molecule has 6 atom stereocenters. The van der Waals surface area contributed by atoms with Crippen molar-refractivity contribution in [3.63, 3.8) is 0 Å². The van der Waals surface area contributed by atoms with Crippen LogP contribution in [0.4, 0.5) is 0 Å². The van der Waals surface area contributed by atoms with E-state index in [1.54, 1.807) is 6.08 Å². The van der Waals surface area contributed by atoms with E-state index in [1.165, 1.54) is 12.8 Å². The van der Waals surface area contributed by atoms with E-state index in [0.717, 1.165) is 78.7 Å². The van der Waals surface area contributed by atoms with E-state index in [2.05, 4.69) is 18.7 Å². The van der Waals surface area contributed by atoms with Crippen molar-refractivity contribution in [3.8, 4) is 23.0 Å². The molecule has 8 rings (SSSR count). The van der Waals surface area contributed by atoms with Crippen LogP contribution in [0.1, 0.15) is 133 Å². The monoisotopic (exact) mass is 906 g/mol. The van der Waals surface area contributed by atoms with Gasteiger partial charge in [0.25, 0.3) is 0 Å². The van der Waals surface area contributed by atoms with Gasteiger partial charge in [0.1, 0.15) is 29.7 Å². The lowest BCUT2D eigenvalue weighted by Crippen LogP contribution is -2.70. The van der Waals surface area contributed by atoms with E-state index in [4.69, 9.17) is 38.7 Å². The molecule has 6 unspecified atom stereocenters. The minimum Gasteiger partial charge on any atom is -0.487 e. The minimum atomic E-state index is -1.38. The van der Waals surface area contributed by atoms with Gasteiger partial charge in [0.05, 0.1) is 23.9 Å². The number of rotatable bonds is 21. The molecule has 3 heterocycles. The highest BCUT2D eigenvalue weighted by atomic mass is 16.7. The van der Waals surface area contributed by atoms with Gasteiger partial charge in [0.15, 0.2) is 11.5 Å². The maximum Gasteiger partial charge on any atom is 0.239 e. The number of oxime groups is 1. The summed E-state index contributed by atoms with van der Waals surface area (Å²) in [7, 11) is 0. The SMILES string of the molecule is C=CCOC12Oc3ccc(OCc4cccc(C)n4)cc3C3C(CCCCO)C(CCCCO)C=C(C(=NOC(C)(C)C)CC1N(Cc1ccc4c(c1)OCO4)C(=O)CCC1CCCC1)C32. The average molecular weight is 906 g/mol. The molecule has 2 aliphatic heterocycles. The van der Waals surface area contributed by atoms with Gasteiger partial charge in [0, 0.05) is 49.8 Å². The van der Waals surface area contributed by atoms with Gasteiger partial charge < -0.3 is 43.6 Å². The van der Waals surface area contributed by atoms with Crippen molar-refractivity contribution in [2.75, 3.05) is 26.6 Å². The number of fused-ring (bicyclic) bond motifs is 3. The van der Waals surface area contributed by atoms with Gasteiger partial charge in [-0.2, -0.15) is 0 Å². The average Bonchev–Trinajstić information content (AvgIpc) is 4.02. The smallest absolute Gasteiger partial charge is 0.239 e. The van der Waals surface area contributed by atoms with E-state index in [0.29, 0.717) is 61.2 Å². The Bertz CT molecular complexity index is 2210. The Labute approximate surface area is 391 Å². The molecule has 2 N–H and O–H groups in total. The van der Waals surface area contributed by atoms with Gasteiger partial charge >= 0.3 is 0 Å². The lowest BCUT2D eigenvalue weighted by Gasteiger charge is -2.60. The molecule has 1 aromatic heterocycles. The fraction of sp³-hybridized carbons (Fsp3) is 0.574. The second kappa shape index (κ2) is 21.4. The zero-order valence-corrected chi connectivity index (χ0v) is 39.6. The van der Waals surface area contributed by atoms with E-state index >= 15 is 4.79 Å². The topological polar surface area (TPSA) is 141 Å². The number of carbonyl (C=O) groups is 1. The first-order chi connectivity index (χ1) is 32.0. The summed E-state index contributed by atoms with van der Waals surface area (Å²) in [4.78, 5) is 28.4. The highest BCUT2D eigenvalue weighted by molar-refractivity contribution is 6.03. The predicted octanol–water partition coefficient (Wildman–Crippen LogP) is 10.1. The summed E-state index contributed by atoms with van der Waals surface area (Å²) >= 11 is 0. The first kappa shape index (κ1) is 47.6. The van der Waals surface area contributed by atoms with Crippen LogP contribution in [0.5, 0.6) is 23.0 Å². The van der Waals surface area contributed by atoms with Crippen LogP contribution in [-0.2, 0) is 27.5 Å². The van der Waals surface area contributed by atoms with Crippen molar-refractivity contribution in [3.05, 3.63) is 101 Å². The number of aryl methyl sites for hydroxylation is 1. The molecule has 0 radical (unpaired) electrons. The van der Waals surface area contributed by atoms with E-state index in [-0.39, 0.29) is 56.8 Å². The number of allylic oxidation sites excluding steroid dienone is 1. The predicted molar refractivity (Wildman–Crippen MR) is 253 cm³/mol. The van der Waals surface area contributed by atoms with Gasteiger partial charge in [-0.1, -0.05) is 68.0 Å². The standard InChI is InChI=1S/C54H71N3O9/c1-6-28-64-54-49(57(50(60)25-21-37-15-7-8-16-37)33-38-20-23-47-48(29-38)63-35-62-47)32-45(56-66-53(3,4)5)43-30-39(17-9-11-26-58)42(19-10-12-27-59)51(52(43)54)44-31-41(22-24-46(44)65-54)61-34-40-18-13-14-36(2)55-40/h6,13-14,18,20,22-24,29-31,37,39,42,49,51-52,58-59H,1,7-12,15-17,19,21,25-28,32-35H2,2-5H3. The lowest BCUT2D eigenvalue weighted by atomic mass is 9.55. The first-order valence-electron chi connectivity index (χ1n) is 24.5. The largest absolute Gasteiger partial charge is 0.487 e. The molecule has 0 saturated heterocycles. The van der Waals surface area contributed by atoms with Crippen LogP contribution < -0.4 is 18.9 Å². The van der Waals surface area contributed by atoms with Crippen LogP contribution in [0, 0.1) is 30.6 Å². The molecule has 0 spiro atoms. The number of carbonyl (C=O) groups excluding carboxylic acids is 1. The first-order valence-corrected chi connectivity index (χ1v) is 24.5. The van der Waals surface area contributed by atoms with Crippen molar-refractivity contribution in [1.29, 1.82) is 0 Å². The highest BCUT2D eigenvalue weighted by Crippen LogP contribution is 2.62. The van der Waals surface area contributed by atoms with Crippen molar-refractivity contribution in [2.45, 2.75) is 148 Å². The summed E-state index contributed by atoms with van der Waals surface area (Å²) < 4.78 is 32.9. The number of aliphatic hydroxyl groups excluding tert-OH is 2. The number of aromatic nitrogens is 1. The van der Waals surface area contributed by atoms with Crippen LogP contribution in [0.25, 0.3) is 0 Å². The number of hydrogen-bond donors (Lipinski definition) is 2. The Kier molecular flexibility index (Phi) is 15.4. The molecule has 1 amide bonds. The third-order valence-electron chi connectivity index (χ3n) is 14.1. The summed E-state index contributed by atoms with van der Waals surface area (Å²) in [5.41, 5.74) is 4.86. The van der Waals surface area contributed by atoms with Crippen molar-refractivity contribution >= 4 is 11.6 Å². The molecule has 3 aromatic rings. The Morgan fingerprint density at radius 2 is 1.74 bits per heavy atom. The van der Waals surface area contributed by atoms with Gasteiger partial charge in [-0.25, -0.2) is 0 Å². The Morgan fingerprint density at radius 3 is 2.50 bits per heavy atom. The fourth-order valence-electron chi connectivity index (χ4n) is 11.1. The third kappa shape index (κ3) is 10.8. The molecule has 12 heteroatoms. The van der Waals surface area contributed by atoms with Crippen LogP contribution in [0.2, 0.25) is 0 Å². The summed E-state index contributed by atoms with van der Waals surface area (Å²) in [6.07, 6.45) is 15.1. The van der Waals surface area contributed by atoms with Crippen LogP contribution >= 0.6 is 0 Å². The van der Waals surface area contributed by atoms with E-state index in [9.17, 15) is 10.2 Å². The molecule has 66 heavy (non-hydrogen) atoms. The number of pyridine rings is 1.